The van der Waals surface area contributed by atoms with Crippen LogP contribution in [0.4, 0.5) is 0 Å². The van der Waals surface area contributed by atoms with Crippen LogP contribution in [0.25, 0.3) is 0 Å². The average Bonchev–Trinajstić information content (AvgIpc) is 2.83. The van der Waals surface area contributed by atoms with Crippen LogP contribution in [0.5, 0.6) is 0 Å². The smallest absolute Gasteiger partial charge is 0.246 e. The van der Waals surface area contributed by atoms with E-state index in [2.05, 4.69) is 24.0 Å². The Balaban J connectivity index is 2.56. The van der Waals surface area contributed by atoms with Gasteiger partial charge in [-0.3, -0.25) is 4.79 Å². The molecule has 1 aromatic rings. The second-order valence-electron chi connectivity index (χ2n) is 5.40. The number of likely N-dealkylation sites (N-methyl/N-ethyl adjacent to an activating group) is 1. The summed E-state index contributed by atoms with van der Waals surface area (Å²) < 4.78 is 10.7. The van der Waals surface area contributed by atoms with Crippen LogP contribution in [-0.4, -0.2) is 40.6 Å². The maximum atomic E-state index is 11.7. The summed E-state index contributed by atoms with van der Waals surface area (Å²) in [5, 5.41) is 3.87. The van der Waals surface area contributed by atoms with E-state index in [-0.39, 0.29) is 18.6 Å². The van der Waals surface area contributed by atoms with Gasteiger partial charge >= 0.3 is 0 Å². The lowest BCUT2D eigenvalue weighted by molar-refractivity contribution is -0.131. The van der Waals surface area contributed by atoms with Crippen LogP contribution in [0.1, 0.15) is 45.5 Å². The van der Waals surface area contributed by atoms with E-state index in [1.807, 2.05) is 6.92 Å². The van der Waals surface area contributed by atoms with E-state index in [0.29, 0.717) is 24.2 Å². The number of nitrogens with two attached hydrogens (primary N) is 1. The quantitative estimate of drug-likeness (QED) is 0.806. The predicted octanol–water partition coefficient (Wildman–Crippen LogP) is 1.11. The summed E-state index contributed by atoms with van der Waals surface area (Å²) >= 11 is 0. The minimum Gasteiger partial charge on any atom is -0.370 e. The molecule has 7 heteroatoms. The summed E-state index contributed by atoms with van der Waals surface area (Å²) in [5.41, 5.74) is 5.53. The zero-order chi connectivity index (χ0) is 15.3. The Morgan fingerprint density at radius 3 is 2.60 bits per heavy atom. The van der Waals surface area contributed by atoms with Crippen molar-refractivity contribution in [1.82, 2.24) is 15.0 Å². The molecule has 1 amide bonds. The zero-order valence-corrected chi connectivity index (χ0v) is 12.8. The van der Waals surface area contributed by atoms with Crippen molar-refractivity contribution in [2.24, 2.45) is 11.7 Å². The standard InChI is InChI=1S/C13H24N4O3/c1-8(2)7-19-10(4)12-15-11(20-16-12)6-17(5)13(18)9(3)14/h8-10H,6-7,14H2,1-5H3/t9-,10?/m1/s1. The molecule has 0 saturated carbocycles. The largest absolute Gasteiger partial charge is 0.370 e. The molecule has 20 heavy (non-hydrogen) atoms. The van der Waals surface area contributed by atoms with Crippen molar-refractivity contribution in [3.05, 3.63) is 11.7 Å². The number of amides is 1. The van der Waals surface area contributed by atoms with Gasteiger partial charge in [-0.05, 0) is 19.8 Å². The third kappa shape index (κ3) is 4.90. The van der Waals surface area contributed by atoms with Gasteiger partial charge in [-0.25, -0.2) is 0 Å². The molecule has 0 saturated heterocycles. The van der Waals surface area contributed by atoms with Gasteiger partial charge in [0.1, 0.15) is 6.10 Å². The zero-order valence-electron chi connectivity index (χ0n) is 12.8. The maximum absolute atomic E-state index is 11.7. The fourth-order valence-electron chi connectivity index (χ4n) is 1.54. The molecule has 1 rings (SSSR count). The minimum absolute atomic E-state index is 0.172. The topological polar surface area (TPSA) is 94.5 Å². The Bertz CT molecular complexity index is 431. The number of aromatic nitrogens is 2. The van der Waals surface area contributed by atoms with Crippen LogP contribution in [0.15, 0.2) is 4.52 Å². The fraction of sp³-hybridized carbons (Fsp3) is 0.769. The number of carbonyl (C=O) groups is 1. The van der Waals surface area contributed by atoms with Crippen LogP contribution in [-0.2, 0) is 16.1 Å². The molecule has 1 aromatic heterocycles. The molecule has 0 fully saturated rings. The molecule has 0 aromatic carbocycles. The lowest BCUT2D eigenvalue weighted by atomic mass is 10.2. The van der Waals surface area contributed by atoms with Crippen LogP contribution in [0.2, 0.25) is 0 Å². The molecule has 0 spiro atoms. The van der Waals surface area contributed by atoms with E-state index in [4.69, 9.17) is 15.0 Å². The average molecular weight is 284 g/mol. The molecular weight excluding hydrogens is 260 g/mol. The molecule has 0 bridgehead atoms. The van der Waals surface area contributed by atoms with Crippen molar-refractivity contribution in [3.63, 3.8) is 0 Å². The first kappa shape index (κ1) is 16.6. The van der Waals surface area contributed by atoms with Crippen molar-refractivity contribution in [1.29, 1.82) is 0 Å². The predicted molar refractivity (Wildman–Crippen MR) is 73.6 cm³/mol. The highest BCUT2D eigenvalue weighted by Gasteiger charge is 2.19. The fourth-order valence-corrected chi connectivity index (χ4v) is 1.54. The summed E-state index contributed by atoms with van der Waals surface area (Å²) in [7, 11) is 1.65. The van der Waals surface area contributed by atoms with Crippen LogP contribution >= 0.6 is 0 Å². The molecule has 2 atom stereocenters. The van der Waals surface area contributed by atoms with Crippen molar-refractivity contribution in [2.45, 2.75) is 46.4 Å². The van der Waals surface area contributed by atoms with Crippen LogP contribution in [0, 0.1) is 5.92 Å². The van der Waals surface area contributed by atoms with E-state index in [1.54, 1.807) is 14.0 Å². The van der Waals surface area contributed by atoms with Crippen LogP contribution < -0.4 is 5.73 Å². The van der Waals surface area contributed by atoms with Gasteiger partial charge in [0, 0.05) is 13.7 Å². The number of ether oxygens (including phenoxy) is 1. The molecule has 0 aliphatic heterocycles. The molecular formula is C13H24N4O3. The van der Waals surface area contributed by atoms with E-state index >= 15 is 0 Å². The van der Waals surface area contributed by atoms with E-state index in [0.717, 1.165) is 0 Å². The summed E-state index contributed by atoms with van der Waals surface area (Å²) in [6.07, 6.45) is -0.232. The van der Waals surface area contributed by atoms with Crippen molar-refractivity contribution < 1.29 is 14.1 Å². The second kappa shape index (κ2) is 7.35. The van der Waals surface area contributed by atoms with Crippen LogP contribution in [0.3, 0.4) is 0 Å². The van der Waals surface area contributed by atoms with E-state index in [1.165, 1.54) is 4.90 Å². The summed E-state index contributed by atoms with van der Waals surface area (Å²) in [4.78, 5) is 17.3. The summed E-state index contributed by atoms with van der Waals surface area (Å²) in [6, 6.07) is -0.546. The molecule has 1 heterocycles. The lowest BCUT2D eigenvalue weighted by Crippen LogP contribution is -2.39. The highest BCUT2D eigenvalue weighted by molar-refractivity contribution is 5.80. The van der Waals surface area contributed by atoms with Gasteiger partial charge in [0.25, 0.3) is 0 Å². The van der Waals surface area contributed by atoms with Gasteiger partial charge in [0.05, 0.1) is 12.6 Å². The summed E-state index contributed by atoms with van der Waals surface area (Å²) in [6.45, 7) is 8.53. The molecule has 0 aliphatic carbocycles. The van der Waals surface area contributed by atoms with Crippen molar-refractivity contribution in [2.75, 3.05) is 13.7 Å². The molecule has 1 unspecified atom stereocenters. The van der Waals surface area contributed by atoms with E-state index < -0.39 is 6.04 Å². The van der Waals surface area contributed by atoms with Crippen molar-refractivity contribution >= 4 is 5.91 Å². The molecule has 0 aliphatic rings. The Morgan fingerprint density at radius 1 is 1.40 bits per heavy atom. The second-order valence-corrected chi connectivity index (χ2v) is 5.40. The molecule has 0 radical (unpaired) electrons. The summed E-state index contributed by atoms with van der Waals surface area (Å²) in [5.74, 6) is 1.13. The molecule has 2 N–H and O–H groups in total. The van der Waals surface area contributed by atoms with E-state index in [9.17, 15) is 4.79 Å². The number of carbonyl (C=O) groups excluding carboxylic acids is 1. The normalized spacial score (nSPS) is 14.3. The van der Waals surface area contributed by atoms with Gasteiger partial charge in [-0.15, -0.1) is 0 Å². The van der Waals surface area contributed by atoms with Gasteiger partial charge in [0.15, 0.2) is 5.82 Å². The Hall–Kier alpha value is -1.47. The highest BCUT2D eigenvalue weighted by Crippen LogP contribution is 2.15. The third-order valence-electron chi connectivity index (χ3n) is 2.67. The van der Waals surface area contributed by atoms with Gasteiger partial charge in [0.2, 0.25) is 11.8 Å². The van der Waals surface area contributed by atoms with Gasteiger partial charge in [-0.1, -0.05) is 19.0 Å². The first-order chi connectivity index (χ1) is 9.31. The first-order valence-electron chi connectivity index (χ1n) is 6.75. The highest BCUT2D eigenvalue weighted by atomic mass is 16.5. The Kier molecular flexibility index (Phi) is 6.09. The first-order valence-corrected chi connectivity index (χ1v) is 6.75. The lowest BCUT2D eigenvalue weighted by Gasteiger charge is -2.16. The molecule has 7 nitrogen and oxygen atoms in total. The van der Waals surface area contributed by atoms with Gasteiger partial charge in [-0.2, -0.15) is 4.98 Å². The third-order valence-corrected chi connectivity index (χ3v) is 2.67. The number of hydrogen-bond donors (Lipinski definition) is 1. The SMILES string of the molecule is CC(C)COC(C)c1noc(CN(C)C(=O)[C@@H](C)N)n1. The Morgan fingerprint density at radius 2 is 2.05 bits per heavy atom. The maximum Gasteiger partial charge on any atom is 0.246 e. The van der Waals surface area contributed by atoms with Gasteiger partial charge < -0.3 is 19.9 Å². The number of rotatable bonds is 7. The van der Waals surface area contributed by atoms with Crippen molar-refractivity contribution in [3.8, 4) is 0 Å². The number of hydrogen-bond acceptors (Lipinski definition) is 6. The monoisotopic (exact) mass is 284 g/mol. The minimum atomic E-state index is -0.546. The number of nitrogens with zero attached hydrogens (tertiary/aromatic N) is 3. The Labute approximate surface area is 119 Å². The molecule has 114 valence electrons.